The molecule has 0 unspecified atom stereocenters. The highest BCUT2D eigenvalue weighted by Gasteiger charge is 1.87. The van der Waals surface area contributed by atoms with Gasteiger partial charge in [0.25, 0.3) is 0 Å². The maximum absolute atomic E-state index is 3.93. The first-order valence-electron chi connectivity index (χ1n) is 4.47. The molecule has 0 atom stereocenters. The van der Waals surface area contributed by atoms with Crippen molar-refractivity contribution in [3.05, 3.63) is 30.1 Å². The molecule has 12 heavy (non-hydrogen) atoms. The van der Waals surface area contributed by atoms with Crippen LogP contribution in [0.4, 0.5) is 0 Å². The molecule has 0 spiro atoms. The van der Waals surface area contributed by atoms with Crippen LogP contribution < -0.4 is 5.32 Å². The number of hydrogen-bond acceptors (Lipinski definition) is 2. The molecule has 2 heteroatoms. The molecular formula is C10H18N2. The van der Waals surface area contributed by atoms with Gasteiger partial charge in [-0.1, -0.05) is 13.8 Å². The predicted octanol–water partition coefficient (Wildman–Crippen LogP) is 1.87. The monoisotopic (exact) mass is 166 g/mol. The molecule has 0 radical (unpaired) electrons. The molecular weight excluding hydrogens is 148 g/mol. The molecule has 1 N–H and O–H groups in total. The van der Waals surface area contributed by atoms with Crippen molar-refractivity contribution in [3.8, 4) is 0 Å². The van der Waals surface area contributed by atoms with Gasteiger partial charge in [0.15, 0.2) is 0 Å². The van der Waals surface area contributed by atoms with Crippen molar-refractivity contribution in [1.82, 2.24) is 10.3 Å². The minimum atomic E-state index is 1.03. The second-order valence-corrected chi connectivity index (χ2v) is 2.21. The maximum atomic E-state index is 3.93. The SMILES string of the molecule is CC.CNCCc1ccncc1. The van der Waals surface area contributed by atoms with Crippen LogP contribution in [0.5, 0.6) is 0 Å². The number of nitrogens with zero attached hydrogens (tertiary/aromatic N) is 1. The van der Waals surface area contributed by atoms with E-state index in [0.29, 0.717) is 0 Å². The summed E-state index contributed by atoms with van der Waals surface area (Å²) in [6.45, 7) is 5.03. The highest BCUT2D eigenvalue weighted by Crippen LogP contribution is 1.95. The third kappa shape index (κ3) is 4.85. The molecule has 1 aromatic rings. The Bertz CT molecular complexity index is 172. The maximum Gasteiger partial charge on any atom is 0.0270 e. The average molecular weight is 166 g/mol. The van der Waals surface area contributed by atoms with E-state index in [2.05, 4.69) is 10.3 Å². The van der Waals surface area contributed by atoms with Crippen molar-refractivity contribution in [1.29, 1.82) is 0 Å². The summed E-state index contributed by atoms with van der Waals surface area (Å²) < 4.78 is 0. The molecule has 0 fully saturated rings. The lowest BCUT2D eigenvalue weighted by atomic mass is 10.2. The van der Waals surface area contributed by atoms with E-state index in [1.165, 1.54) is 5.56 Å². The second-order valence-electron chi connectivity index (χ2n) is 2.21. The lowest BCUT2D eigenvalue weighted by Gasteiger charge is -1.97. The van der Waals surface area contributed by atoms with Crippen LogP contribution in [0.15, 0.2) is 24.5 Å². The van der Waals surface area contributed by atoms with E-state index in [1.807, 2.05) is 45.4 Å². The van der Waals surface area contributed by atoms with Crippen molar-refractivity contribution < 1.29 is 0 Å². The average Bonchev–Trinajstić information content (AvgIpc) is 2.19. The number of likely N-dealkylation sites (N-methyl/N-ethyl adjacent to an activating group) is 1. The lowest BCUT2D eigenvalue weighted by molar-refractivity contribution is 0.791. The quantitative estimate of drug-likeness (QED) is 0.741. The second kappa shape index (κ2) is 8.21. The Labute approximate surface area is 75.0 Å². The summed E-state index contributed by atoms with van der Waals surface area (Å²) >= 11 is 0. The molecule has 0 aromatic carbocycles. The largest absolute Gasteiger partial charge is 0.319 e. The van der Waals surface area contributed by atoms with E-state index in [0.717, 1.165) is 13.0 Å². The fourth-order valence-corrected chi connectivity index (χ4v) is 0.819. The molecule has 0 bridgehead atoms. The topological polar surface area (TPSA) is 24.9 Å². The van der Waals surface area contributed by atoms with Crippen molar-refractivity contribution in [2.75, 3.05) is 13.6 Å². The number of rotatable bonds is 3. The molecule has 2 nitrogen and oxygen atoms in total. The first kappa shape index (κ1) is 11.1. The van der Waals surface area contributed by atoms with Gasteiger partial charge in [-0.3, -0.25) is 4.98 Å². The Morgan fingerprint density at radius 1 is 1.25 bits per heavy atom. The highest BCUT2D eigenvalue weighted by atomic mass is 14.8. The lowest BCUT2D eigenvalue weighted by Crippen LogP contribution is -2.10. The Morgan fingerprint density at radius 3 is 2.33 bits per heavy atom. The van der Waals surface area contributed by atoms with Crippen LogP contribution in [-0.2, 0) is 6.42 Å². The zero-order chi connectivity index (χ0) is 9.23. The third-order valence-electron chi connectivity index (χ3n) is 1.41. The Balaban J connectivity index is 0.000000561. The first-order chi connectivity index (χ1) is 5.93. The number of aromatic nitrogens is 1. The van der Waals surface area contributed by atoms with Crippen LogP contribution in [0.2, 0.25) is 0 Å². The zero-order valence-corrected chi connectivity index (χ0v) is 8.17. The molecule has 68 valence electrons. The summed E-state index contributed by atoms with van der Waals surface area (Å²) in [4.78, 5) is 3.93. The van der Waals surface area contributed by atoms with Crippen molar-refractivity contribution in [2.45, 2.75) is 20.3 Å². The first-order valence-corrected chi connectivity index (χ1v) is 4.47. The summed E-state index contributed by atoms with van der Waals surface area (Å²) in [5.74, 6) is 0. The van der Waals surface area contributed by atoms with E-state index < -0.39 is 0 Å². The highest BCUT2D eigenvalue weighted by molar-refractivity contribution is 5.09. The smallest absolute Gasteiger partial charge is 0.0270 e. The zero-order valence-electron chi connectivity index (χ0n) is 8.17. The van der Waals surface area contributed by atoms with E-state index >= 15 is 0 Å². The molecule has 0 saturated carbocycles. The normalized spacial score (nSPS) is 8.58. The fourth-order valence-electron chi connectivity index (χ4n) is 0.819. The van der Waals surface area contributed by atoms with Crippen LogP contribution in [0.1, 0.15) is 19.4 Å². The third-order valence-corrected chi connectivity index (χ3v) is 1.41. The number of pyridine rings is 1. The van der Waals surface area contributed by atoms with Gasteiger partial charge in [-0.2, -0.15) is 0 Å². The van der Waals surface area contributed by atoms with Crippen LogP contribution >= 0.6 is 0 Å². The van der Waals surface area contributed by atoms with Crippen LogP contribution in [0.25, 0.3) is 0 Å². The predicted molar refractivity (Wildman–Crippen MR) is 53.2 cm³/mol. The van der Waals surface area contributed by atoms with Gasteiger partial charge in [0.1, 0.15) is 0 Å². The molecule has 1 rings (SSSR count). The molecule has 1 heterocycles. The Morgan fingerprint density at radius 2 is 1.83 bits per heavy atom. The number of hydrogen-bond donors (Lipinski definition) is 1. The van der Waals surface area contributed by atoms with E-state index in [-0.39, 0.29) is 0 Å². The van der Waals surface area contributed by atoms with E-state index in [9.17, 15) is 0 Å². The summed E-state index contributed by atoms with van der Waals surface area (Å²) in [5, 5.41) is 3.10. The van der Waals surface area contributed by atoms with Gasteiger partial charge in [-0.15, -0.1) is 0 Å². The Hall–Kier alpha value is -0.890. The van der Waals surface area contributed by atoms with Crippen molar-refractivity contribution >= 4 is 0 Å². The van der Waals surface area contributed by atoms with Gasteiger partial charge in [0.05, 0.1) is 0 Å². The molecule has 0 aliphatic heterocycles. The molecule has 0 saturated heterocycles. The number of nitrogens with one attached hydrogen (secondary N) is 1. The molecule has 1 aromatic heterocycles. The van der Waals surface area contributed by atoms with Crippen LogP contribution in [-0.4, -0.2) is 18.6 Å². The Kier molecular flexibility index (Phi) is 7.60. The fraction of sp³-hybridized carbons (Fsp3) is 0.500. The van der Waals surface area contributed by atoms with Gasteiger partial charge < -0.3 is 5.32 Å². The standard InChI is InChI=1S/C8H12N2.C2H6/c1-9-5-2-8-3-6-10-7-4-8;1-2/h3-4,6-7,9H,2,5H2,1H3;1-2H3. The van der Waals surface area contributed by atoms with Gasteiger partial charge >= 0.3 is 0 Å². The minimum Gasteiger partial charge on any atom is -0.319 e. The van der Waals surface area contributed by atoms with Gasteiger partial charge in [-0.25, -0.2) is 0 Å². The van der Waals surface area contributed by atoms with E-state index in [4.69, 9.17) is 0 Å². The minimum absolute atomic E-state index is 1.03. The summed E-state index contributed by atoms with van der Waals surface area (Å²) in [7, 11) is 1.96. The van der Waals surface area contributed by atoms with Crippen LogP contribution in [0.3, 0.4) is 0 Å². The molecule has 0 amide bonds. The summed E-state index contributed by atoms with van der Waals surface area (Å²) in [6, 6.07) is 4.08. The van der Waals surface area contributed by atoms with Gasteiger partial charge in [0.2, 0.25) is 0 Å². The van der Waals surface area contributed by atoms with Gasteiger partial charge in [-0.05, 0) is 37.7 Å². The van der Waals surface area contributed by atoms with Gasteiger partial charge in [0, 0.05) is 12.4 Å². The summed E-state index contributed by atoms with van der Waals surface area (Å²) in [5.41, 5.74) is 1.34. The van der Waals surface area contributed by atoms with Crippen molar-refractivity contribution in [2.24, 2.45) is 0 Å². The molecule has 0 aliphatic rings. The summed E-state index contributed by atoms with van der Waals surface area (Å²) in [6.07, 6.45) is 4.73. The molecule has 0 aliphatic carbocycles. The van der Waals surface area contributed by atoms with Crippen LogP contribution in [0, 0.1) is 0 Å². The van der Waals surface area contributed by atoms with Crippen molar-refractivity contribution in [3.63, 3.8) is 0 Å². The van der Waals surface area contributed by atoms with E-state index in [1.54, 1.807) is 0 Å².